The summed E-state index contributed by atoms with van der Waals surface area (Å²) in [6.45, 7) is 13.1. The van der Waals surface area contributed by atoms with Crippen LogP contribution in [0.5, 0.6) is 0 Å². The van der Waals surface area contributed by atoms with Gasteiger partial charge in [-0.15, -0.1) is 0 Å². The van der Waals surface area contributed by atoms with E-state index in [-0.39, 0.29) is 29.4 Å². The zero-order valence-electron chi connectivity index (χ0n) is 23.9. The maximum atomic E-state index is 13.5. The van der Waals surface area contributed by atoms with Crippen molar-refractivity contribution in [2.75, 3.05) is 0 Å². The van der Waals surface area contributed by atoms with Crippen LogP contribution in [-0.4, -0.2) is 35.4 Å². The van der Waals surface area contributed by atoms with Crippen LogP contribution in [0.3, 0.4) is 0 Å². The second-order valence-corrected chi connectivity index (χ2v) is 15.3. The first kappa shape index (κ1) is 24.6. The van der Waals surface area contributed by atoms with Gasteiger partial charge in [-0.05, 0) is 113 Å². The molecule has 11 atom stereocenters. The van der Waals surface area contributed by atoms with Gasteiger partial charge < -0.3 is 9.47 Å². The van der Waals surface area contributed by atoms with Gasteiger partial charge in [0.25, 0.3) is 0 Å². The molecule has 8 rings (SSSR count). The molecule has 5 saturated carbocycles. The summed E-state index contributed by atoms with van der Waals surface area (Å²) in [4.78, 5) is 31.3. The molecular formula is C32H47NO4. The molecule has 1 saturated heterocycles. The second kappa shape index (κ2) is 7.42. The number of nitrogens with zero attached hydrogens (tertiary/aromatic N) is 1. The Morgan fingerprint density at radius 2 is 1.86 bits per heavy atom. The lowest BCUT2D eigenvalue weighted by Crippen LogP contribution is -2.71. The van der Waals surface area contributed by atoms with E-state index in [4.69, 9.17) is 14.5 Å². The Hall–Kier alpha value is -1.39. The quantitative estimate of drug-likeness (QED) is 0.396. The van der Waals surface area contributed by atoms with Crippen molar-refractivity contribution in [1.29, 1.82) is 0 Å². The molecule has 3 heterocycles. The molecule has 5 aliphatic carbocycles. The van der Waals surface area contributed by atoms with Gasteiger partial charge in [0.15, 0.2) is 0 Å². The minimum Gasteiger partial charge on any atom is -0.461 e. The number of carbonyl (C=O) groups excluding carboxylic acids is 2. The van der Waals surface area contributed by atoms with Gasteiger partial charge in [0.05, 0.1) is 6.04 Å². The Balaban J connectivity index is 1.32. The van der Waals surface area contributed by atoms with Crippen LogP contribution in [0.4, 0.5) is 0 Å². The first-order valence-electron chi connectivity index (χ1n) is 15.4. The SMILES string of the molecule is CC(=O)O[C@H]1CC[C@]2(C)OC(=O)[C@@]1(C)[C@@H]2CC[C@@]12C3=N[C@@H]4[C@@H](CC[C@@]45CCC[C@H]51)[C@]2(C)CC[C@@H]3C(C)C. The number of ether oxygens (including phenoxy) is 2. The van der Waals surface area contributed by atoms with Gasteiger partial charge in [-0.1, -0.05) is 27.2 Å². The van der Waals surface area contributed by atoms with Crippen molar-refractivity contribution in [3.63, 3.8) is 0 Å². The third-order valence-corrected chi connectivity index (χ3v) is 14.0. The maximum Gasteiger partial charge on any atom is 0.316 e. The van der Waals surface area contributed by atoms with Crippen molar-refractivity contribution in [3.05, 3.63) is 0 Å². The molecule has 6 fully saturated rings. The van der Waals surface area contributed by atoms with Gasteiger partial charge >= 0.3 is 11.9 Å². The normalized spacial score (nSPS) is 54.8. The fraction of sp³-hybridized carbons (Fsp3) is 0.906. The van der Waals surface area contributed by atoms with Crippen LogP contribution in [0.2, 0.25) is 0 Å². The van der Waals surface area contributed by atoms with E-state index >= 15 is 0 Å². The molecule has 8 bridgehead atoms. The lowest BCUT2D eigenvalue weighted by molar-refractivity contribution is -0.165. The average molecular weight is 510 g/mol. The van der Waals surface area contributed by atoms with Gasteiger partial charge in [-0.3, -0.25) is 14.6 Å². The molecule has 0 unspecified atom stereocenters. The number of hydrogen-bond acceptors (Lipinski definition) is 5. The molecule has 0 aromatic carbocycles. The lowest BCUT2D eigenvalue weighted by Gasteiger charge is -2.71. The second-order valence-electron chi connectivity index (χ2n) is 15.3. The van der Waals surface area contributed by atoms with Gasteiger partial charge in [0.1, 0.15) is 17.1 Å². The highest BCUT2D eigenvalue weighted by molar-refractivity contribution is 5.96. The van der Waals surface area contributed by atoms with Crippen LogP contribution in [0.1, 0.15) is 112 Å². The van der Waals surface area contributed by atoms with E-state index in [2.05, 4.69) is 27.7 Å². The fourth-order valence-corrected chi connectivity index (χ4v) is 12.5. The highest BCUT2D eigenvalue weighted by Gasteiger charge is 2.79. The van der Waals surface area contributed by atoms with Crippen molar-refractivity contribution in [3.8, 4) is 0 Å². The Morgan fingerprint density at radius 3 is 2.59 bits per heavy atom. The number of hydrogen-bond donors (Lipinski definition) is 0. The first-order chi connectivity index (χ1) is 17.4. The van der Waals surface area contributed by atoms with Crippen molar-refractivity contribution in [2.45, 2.75) is 130 Å². The molecule has 0 aromatic rings. The molecule has 0 amide bonds. The fourth-order valence-electron chi connectivity index (χ4n) is 12.5. The standard InChI is InChI=1S/C32H47NO4/c1-18(2)20-9-14-28(4)21-10-16-31-13-7-8-23(31)32(28,25(20)33-26(21)31)17-11-22-29(5)15-12-24(36-19(3)34)30(22,6)27(35)37-29/h18,20-24,26H,7-17H2,1-6H3/t20-,21-,22-,23-,24+,26-,28+,29+,30+,31-,32+/m1/s1. The van der Waals surface area contributed by atoms with Crippen LogP contribution in [0.15, 0.2) is 4.99 Å². The van der Waals surface area contributed by atoms with Crippen LogP contribution in [0.25, 0.3) is 0 Å². The Kier molecular flexibility index (Phi) is 4.94. The minimum absolute atomic E-state index is 0.0667. The summed E-state index contributed by atoms with van der Waals surface area (Å²) in [5.41, 5.74) is 1.25. The van der Waals surface area contributed by atoms with E-state index in [1.165, 1.54) is 51.9 Å². The topological polar surface area (TPSA) is 65.0 Å². The predicted molar refractivity (Wildman–Crippen MR) is 142 cm³/mol. The van der Waals surface area contributed by atoms with E-state index < -0.39 is 11.0 Å². The molecule has 3 aliphatic heterocycles. The smallest absolute Gasteiger partial charge is 0.316 e. The van der Waals surface area contributed by atoms with Gasteiger partial charge in [-0.2, -0.15) is 0 Å². The molecule has 5 nitrogen and oxygen atoms in total. The monoisotopic (exact) mass is 509 g/mol. The molecule has 5 heteroatoms. The molecule has 37 heavy (non-hydrogen) atoms. The third kappa shape index (κ3) is 2.66. The lowest BCUT2D eigenvalue weighted by atomic mass is 9.35. The molecular weight excluding hydrogens is 462 g/mol. The third-order valence-electron chi connectivity index (χ3n) is 14.0. The molecule has 0 N–H and O–H groups in total. The molecule has 204 valence electrons. The van der Waals surface area contributed by atoms with E-state index in [1.807, 2.05) is 6.92 Å². The number of rotatable bonds is 5. The summed E-state index contributed by atoms with van der Waals surface area (Å²) in [5, 5.41) is 0. The number of carbonyl (C=O) groups is 2. The van der Waals surface area contributed by atoms with Crippen molar-refractivity contribution in [2.24, 2.45) is 56.2 Å². The van der Waals surface area contributed by atoms with Gasteiger partial charge in [-0.25, -0.2) is 0 Å². The first-order valence-corrected chi connectivity index (χ1v) is 15.4. The van der Waals surface area contributed by atoms with Crippen molar-refractivity contribution in [1.82, 2.24) is 0 Å². The van der Waals surface area contributed by atoms with Gasteiger partial charge in [0, 0.05) is 24.0 Å². The maximum absolute atomic E-state index is 13.5. The van der Waals surface area contributed by atoms with E-state index in [1.54, 1.807) is 5.71 Å². The summed E-state index contributed by atoms with van der Waals surface area (Å²) in [7, 11) is 0. The van der Waals surface area contributed by atoms with E-state index in [0.717, 1.165) is 31.1 Å². The van der Waals surface area contributed by atoms with Crippen LogP contribution in [0, 0.1) is 51.2 Å². The summed E-state index contributed by atoms with van der Waals surface area (Å²) >= 11 is 0. The predicted octanol–water partition coefficient (Wildman–Crippen LogP) is 6.52. The summed E-state index contributed by atoms with van der Waals surface area (Å²) < 4.78 is 12.0. The highest BCUT2D eigenvalue weighted by Crippen LogP contribution is 2.81. The highest BCUT2D eigenvalue weighted by atomic mass is 16.6. The van der Waals surface area contributed by atoms with Gasteiger partial charge in [0.2, 0.25) is 0 Å². The average Bonchev–Trinajstić information content (AvgIpc) is 3.44. The Morgan fingerprint density at radius 1 is 1.08 bits per heavy atom. The Bertz CT molecular complexity index is 1080. The zero-order valence-corrected chi connectivity index (χ0v) is 23.9. The minimum atomic E-state index is -0.761. The largest absolute Gasteiger partial charge is 0.461 e. The van der Waals surface area contributed by atoms with Crippen molar-refractivity contribution < 1.29 is 19.1 Å². The molecule has 1 spiro atoms. The van der Waals surface area contributed by atoms with Crippen LogP contribution in [-0.2, 0) is 19.1 Å². The van der Waals surface area contributed by atoms with E-state index in [9.17, 15) is 9.59 Å². The summed E-state index contributed by atoms with van der Waals surface area (Å²) in [5.74, 6) is 2.29. The van der Waals surface area contributed by atoms with E-state index in [0.29, 0.717) is 35.1 Å². The van der Waals surface area contributed by atoms with Crippen LogP contribution < -0.4 is 0 Å². The number of fused-ring (bicyclic) bond motifs is 2. The zero-order chi connectivity index (χ0) is 26.2. The Labute approximate surface area is 222 Å². The molecule has 0 aromatic heterocycles. The van der Waals surface area contributed by atoms with Crippen molar-refractivity contribution >= 4 is 17.7 Å². The summed E-state index contributed by atoms with van der Waals surface area (Å²) in [6.07, 6.45) is 12.6. The number of aliphatic imine (C=N–C) groups is 1. The summed E-state index contributed by atoms with van der Waals surface area (Å²) in [6, 6.07) is 0.558. The molecule has 0 radical (unpaired) electrons. The number of esters is 2. The van der Waals surface area contributed by atoms with Crippen LogP contribution >= 0.6 is 0 Å². The molecule has 8 aliphatic rings.